The fourth-order valence-corrected chi connectivity index (χ4v) is 2.18. The van der Waals surface area contributed by atoms with Gasteiger partial charge in [0, 0.05) is 24.7 Å². The average Bonchev–Trinajstić information content (AvgIpc) is 2.85. The summed E-state index contributed by atoms with van der Waals surface area (Å²) in [6.07, 6.45) is 7.29. The number of aryl methyl sites for hydroxylation is 1. The molecule has 0 radical (unpaired) electrons. The van der Waals surface area contributed by atoms with E-state index in [9.17, 15) is 9.90 Å². The van der Waals surface area contributed by atoms with E-state index in [1.165, 1.54) is 0 Å². The maximum Gasteiger partial charge on any atom is 0.223 e. The molecule has 0 saturated heterocycles. The Labute approximate surface area is 121 Å². The number of aromatic nitrogens is 2. The zero-order valence-electron chi connectivity index (χ0n) is 13.0. The van der Waals surface area contributed by atoms with Gasteiger partial charge >= 0.3 is 0 Å². The van der Waals surface area contributed by atoms with Crippen LogP contribution in [0.15, 0.2) is 12.4 Å². The summed E-state index contributed by atoms with van der Waals surface area (Å²) in [5.41, 5.74) is -0.380. The van der Waals surface area contributed by atoms with Gasteiger partial charge in [0.25, 0.3) is 0 Å². The van der Waals surface area contributed by atoms with Crippen LogP contribution in [0.5, 0.6) is 0 Å². The number of carbonyl (C=O) groups excluding carboxylic acids is 1. The molecule has 0 aliphatic heterocycles. The van der Waals surface area contributed by atoms with Crippen molar-refractivity contribution in [2.45, 2.75) is 52.1 Å². The van der Waals surface area contributed by atoms with Gasteiger partial charge in [0.1, 0.15) is 5.60 Å². The van der Waals surface area contributed by atoms with Gasteiger partial charge in [0.15, 0.2) is 0 Å². The second kappa shape index (κ2) is 7.43. The third kappa shape index (κ3) is 4.63. The predicted octanol–water partition coefficient (Wildman–Crippen LogP) is 1.96. The van der Waals surface area contributed by atoms with E-state index in [-0.39, 0.29) is 18.4 Å². The summed E-state index contributed by atoms with van der Waals surface area (Å²) in [6, 6.07) is 0. The van der Waals surface area contributed by atoms with Crippen molar-refractivity contribution in [3.05, 3.63) is 18.0 Å². The first kappa shape index (κ1) is 16.7. The lowest BCUT2D eigenvalue weighted by atomic mass is 9.96. The monoisotopic (exact) mass is 281 g/mol. The van der Waals surface area contributed by atoms with Gasteiger partial charge in [-0.1, -0.05) is 26.7 Å². The molecule has 5 nitrogen and oxygen atoms in total. The number of amides is 1. The molecule has 2 N–H and O–H groups in total. The van der Waals surface area contributed by atoms with Crippen molar-refractivity contribution in [2.24, 2.45) is 13.0 Å². The van der Waals surface area contributed by atoms with Crippen molar-refractivity contribution in [1.29, 1.82) is 0 Å². The Balaban J connectivity index is 2.54. The van der Waals surface area contributed by atoms with E-state index in [4.69, 9.17) is 0 Å². The van der Waals surface area contributed by atoms with Crippen molar-refractivity contribution >= 4 is 5.91 Å². The third-order valence-electron chi connectivity index (χ3n) is 3.70. The second-order valence-corrected chi connectivity index (χ2v) is 5.64. The summed E-state index contributed by atoms with van der Waals surface area (Å²) in [6.45, 7) is 6.05. The first-order valence-electron chi connectivity index (χ1n) is 7.40. The predicted molar refractivity (Wildman–Crippen MR) is 79.1 cm³/mol. The summed E-state index contributed by atoms with van der Waals surface area (Å²) in [5, 5.41) is 17.3. The third-order valence-corrected chi connectivity index (χ3v) is 3.70. The van der Waals surface area contributed by atoms with Gasteiger partial charge < -0.3 is 10.4 Å². The Morgan fingerprint density at radius 1 is 1.55 bits per heavy atom. The molecule has 1 heterocycles. The minimum absolute atomic E-state index is 0.0325. The maximum atomic E-state index is 12.1. The SMILES string of the molecule is CCCCC(CC)C(=O)NCC(C)(O)c1cnn(C)c1. The Kier molecular flexibility index (Phi) is 6.20. The fraction of sp³-hybridized carbons (Fsp3) is 0.733. The lowest BCUT2D eigenvalue weighted by Crippen LogP contribution is -2.41. The van der Waals surface area contributed by atoms with Crippen LogP contribution in [-0.2, 0) is 17.4 Å². The standard InChI is InChI=1S/C15H27N3O2/c1-5-7-8-12(6-2)14(19)16-11-15(3,20)13-9-17-18(4)10-13/h9-10,12,20H,5-8,11H2,1-4H3,(H,16,19). The van der Waals surface area contributed by atoms with E-state index in [1.807, 2.05) is 6.92 Å². The highest BCUT2D eigenvalue weighted by Crippen LogP contribution is 2.19. The van der Waals surface area contributed by atoms with Crippen molar-refractivity contribution in [3.63, 3.8) is 0 Å². The number of unbranched alkanes of at least 4 members (excludes halogenated alkanes) is 1. The molecule has 0 spiro atoms. The molecule has 1 amide bonds. The van der Waals surface area contributed by atoms with Crippen LogP contribution in [0.1, 0.15) is 52.0 Å². The summed E-state index contributed by atoms with van der Waals surface area (Å²) in [4.78, 5) is 12.1. The average molecular weight is 281 g/mol. The molecule has 2 unspecified atom stereocenters. The van der Waals surface area contributed by atoms with Gasteiger partial charge in [0.05, 0.1) is 12.7 Å². The Hall–Kier alpha value is -1.36. The molecule has 0 saturated carbocycles. The van der Waals surface area contributed by atoms with E-state index in [0.717, 1.165) is 25.7 Å². The number of nitrogens with one attached hydrogen (secondary N) is 1. The van der Waals surface area contributed by atoms with Gasteiger partial charge in [0.2, 0.25) is 5.91 Å². The number of carbonyl (C=O) groups is 1. The van der Waals surface area contributed by atoms with Crippen molar-refractivity contribution in [2.75, 3.05) is 6.54 Å². The van der Waals surface area contributed by atoms with E-state index in [0.29, 0.717) is 5.56 Å². The highest BCUT2D eigenvalue weighted by Gasteiger charge is 2.26. The molecule has 1 aromatic rings. The van der Waals surface area contributed by atoms with E-state index < -0.39 is 5.60 Å². The number of rotatable bonds is 8. The minimum Gasteiger partial charge on any atom is -0.383 e. The largest absolute Gasteiger partial charge is 0.383 e. The van der Waals surface area contributed by atoms with Crippen molar-refractivity contribution < 1.29 is 9.90 Å². The zero-order chi connectivity index (χ0) is 15.2. The van der Waals surface area contributed by atoms with Gasteiger partial charge in [-0.25, -0.2) is 0 Å². The second-order valence-electron chi connectivity index (χ2n) is 5.64. The van der Waals surface area contributed by atoms with Crippen LogP contribution < -0.4 is 5.32 Å². The molecular formula is C15H27N3O2. The van der Waals surface area contributed by atoms with Gasteiger partial charge in [-0.3, -0.25) is 9.48 Å². The van der Waals surface area contributed by atoms with Gasteiger partial charge in [-0.2, -0.15) is 5.10 Å². The molecule has 0 aliphatic rings. The highest BCUT2D eigenvalue weighted by molar-refractivity contribution is 5.78. The normalized spacial score (nSPS) is 15.7. The van der Waals surface area contributed by atoms with E-state index in [2.05, 4.69) is 17.3 Å². The van der Waals surface area contributed by atoms with Crippen LogP contribution in [0.3, 0.4) is 0 Å². The molecule has 0 fully saturated rings. The van der Waals surface area contributed by atoms with Crippen LogP contribution in [0.4, 0.5) is 0 Å². The lowest BCUT2D eigenvalue weighted by molar-refractivity contribution is -0.126. The van der Waals surface area contributed by atoms with Crippen LogP contribution in [0.25, 0.3) is 0 Å². The van der Waals surface area contributed by atoms with Crippen molar-refractivity contribution in [3.8, 4) is 0 Å². The molecule has 1 aromatic heterocycles. The van der Waals surface area contributed by atoms with Crippen LogP contribution in [0, 0.1) is 5.92 Å². The lowest BCUT2D eigenvalue weighted by Gasteiger charge is -2.24. The number of hydrogen-bond donors (Lipinski definition) is 2. The number of hydrogen-bond acceptors (Lipinski definition) is 3. The minimum atomic E-state index is -1.09. The Morgan fingerprint density at radius 2 is 2.25 bits per heavy atom. The van der Waals surface area contributed by atoms with Crippen LogP contribution in [0.2, 0.25) is 0 Å². The van der Waals surface area contributed by atoms with Crippen molar-refractivity contribution in [1.82, 2.24) is 15.1 Å². The summed E-state index contributed by atoms with van der Waals surface area (Å²) in [7, 11) is 1.80. The smallest absolute Gasteiger partial charge is 0.223 e. The van der Waals surface area contributed by atoms with Crippen LogP contribution in [-0.4, -0.2) is 27.3 Å². The molecule has 0 aromatic carbocycles. The van der Waals surface area contributed by atoms with Gasteiger partial charge in [-0.15, -0.1) is 0 Å². The van der Waals surface area contributed by atoms with E-state index in [1.54, 1.807) is 31.0 Å². The zero-order valence-corrected chi connectivity index (χ0v) is 13.0. The maximum absolute atomic E-state index is 12.1. The molecule has 5 heteroatoms. The van der Waals surface area contributed by atoms with Crippen LogP contribution >= 0.6 is 0 Å². The number of nitrogens with zero attached hydrogens (tertiary/aromatic N) is 2. The van der Waals surface area contributed by atoms with Gasteiger partial charge in [-0.05, 0) is 19.8 Å². The summed E-state index contributed by atoms with van der Waals surface area (Å²) < 4.78 is 1.64. The fourth-order valence-electron chi connectivity index (χ4n) is 2.18. The molecule has 114 valence electrons. The highest BCUT2D eigenvalue weighted by atomic mass is 16.3. The Morgan fingerprint density at radius 3 is 2.75 bits per heavy atom. The molecule has 20 heavy (non-hydrogen) atoms. The topological polar surface area (TPSA) is 67.2 Å². The molecule has 2 atom stereocenters. The Bertz CT molecular complexity index is 427. The summed E-state index contributed by atoms with van der Waals surface area (Å²) >= 11 is 0. The first-order valence-corrected chi connectivity index (χ1v) is 7.40. The van der Waals surface area contributed by atoms with E-state index >= 15 is 0 Å². The molecule has 1 rings (SSSR count). The molecule has 0 bridgehead atoms. The molecular weight excluding hydrogens is 254 g/mol. The molecule has 0 aliphatic carbocycles. The number of aliphatic hydroxyl groups is 1. The first-order chi connectivity index (χ1) is 9.40. The summed E-state index contributed by atoms with van der Waals surface area (Å²) in [5.74, 6) is 0.0739. The quantitative estimate of drug-likeness (QED) is 0.765.